The molecule has 0 fully saturated rings. The molecule has 0 aliphatic carbocycles. The maximum Gasteiger partial charge on any atom is 0.253 e. The summed E-state index contributed by atoms with van der Waals surface area (Å²) in [5.41, 5.74) is 0.721. The molecular formula is C20H17N5O3S2. The molecule has 0 N–H and O–H groups in total. The Hall–Kier alpha value is -3.11. The summed E-state index contributed by atoms with van der Waals surface area (Å²) < 4.78 is 12.9. The van der Waals surface area contributed by atoms with Gasteiger partial charge in [0, 0.05) is 13.5 Å². The van der Waals surface area contributed by atoms with E-state index >= 15 is 0 Å². The van der Waals surface area contributed by atoms with Gasteiger partial charge in [-0.15, -0.1) is 21.5 Å². The van der Waals surface area contributed by atoms with Crippen molar-refractivity contribution in [2.75, 3.05) is 5.75 Å². The number of carbonyl (C=O) groups excluding carboxylic acids is 1. The van der Waals surface area contributed by atoms with Gasteiger partial charge in [0.2, 0.25) is 0 Å². The largest absolute Gasteiger partial charge is 0.467 e. The Labute approximate surface area is 180 Å². The summed E-state index contributed by atoms with van der Waals surface area (Å²) in [5.74, 6) is 2.18. The van der Waals surface area contributed by atoms with Crippen LogP contribution in [0.3, 0.4) is 0 Å². The van der Waals surface area contributed by atoms with Crippen LogP contribution in [0.5, 0.6) is 0 Å². The van der Waals surface area contributed by atoms with E-state index in [2.05, 4.69) is 15.3 Å². The number of aromatic nitrogens is 3. The van der Waals surface area contributed by atoms with Crippen LogP contribution in [0.4, 0.5) is 0 Å². The highest BCUT2D eigenvalue weighted by Gasteiger charge is 2.35. The van der Waals surface area contributed by atoms with Crippen molar-refractivity contribution < 1.29 is 13.6 Å². The number of hydrazone groups is 1. The normalized spacial score (nSPS) is 16.2. The summed E-state index contributed by atoms with van der Waals surface area (Å²) >= 11 is 2.94. The summed E-state index contributed by atoms with van der Waals surface area (Å²) in [4.78, 5) is 14.1. The van der Waals surface area contributed by atoms with Crippen LogP contribution < -0.4 is 0 Å². The Morgan fingerprint density at radius 3 is 2.80 bits per heavy atom. The predicted molar refractivity (Wildman–Crippen MR) is 113 cm³/mol. The van der Waals surface area contributed by atoms with Gasteiger partial charge in [0.1, 0.15) is 23.3 Å². The third-order valence-electron chi connectivity index (χ3n) is 4.74. The molecule has 10 heteroatoms. The molecule has 4 aromatic heterocycles. The first-order valence-corrected chi connectivity index (χ1v) is 11.1. The molecule has 1 aliphatic heterocycles. The molecule has 1 unspecified atom stereocenters. The van der Waals surface area contributed by atoms with Crippen molar-refractivity contribution in [2.45, 2.75) is 17.6 Å². The number of hydrogen-bond donors (Lipinski definition) is 0. The highest BCUT2D eigenvalue weighted by molar-refractivity contribution is 7.99. The van der Waals surface area contributed by atoms with Crippen LogP contribution in [0, 0.1) is 0 Å². The number of furan rings is 2. The molecule has 1 amide bonds. The number of thiophene rings is 1. The third kappa shape index (κ3) is 3.48. The maximum absolute atomic E-state index is 13.1. The van der Waals surface area contributed by atoms with Gasteiger partial charge in [-0.2, -0.15) is 5.10 Å². The summed E-state index contributed by atoms with van der Waals surface area (Å²) in [7, 11) is 1.90. The van der Waals surface area contributed by atoms with Gasteiger partial charge in [-0.25, -0.2) is 5.01 Å². The lowest BCUT2D eigenvalue weighted by Gasteiger charge is -2.19. The molecule has 8 nitrogen and oxygen atoms in total. The molecule has 5 rings (SSSR count). The van der Waals surface area contributed by atoms with E-state index < -0.39 is 0 Å². The number of hydrogen-bond acceptors (Lipinski definition) is 8. The van der Waals surface area contributed by atoms with E-state index in [9.17, 15) is 4.79 Å². The molecule has 152 valence electrons. The van der Waals surface area contributed by atoms with E-state index in [1.165, 1.54) is 16.8 Å². The van der Waals surface area contributed by atoms with Crippen LogP contribution in [0.1, 0.15) is 24.0 Å². The lowest BCUT2D eigenvalue weighted by atomic mass is 10.1. The van der Waals surface area contributed by atoms with Gasteiger partial charge in [-0.05, 0) is 35.7 Å². The number of nitrogens with zero attached hydrogens (tertiary/aromatic N) is 5. The van der Waals surface area contributed by atoms with E-state index in [4.69, 9.17) is 8.83 Å². The van der Waals surface area contributed by atoms with Gasteiger partial charge < -0.3 is 13.4 Å². The first-order valence-electron chi connectivity index (χ1n) is 9.23. The van der Waals surface area contributed by atoms with Crippen LogP contribution in [0.15, 0.2) is 73.4 Å². The topological polar surface area (TPSA) is 89.7 Å². The van der Waals surface area contributed by atoms with E-state index in [0.717, 1.165) is 16.4 Å². The number of rotatable bonds is 6. The van der Waals surface area contributed by atoms with Crippen molar-refractivity contribution in [3.8, 4) is 10.7 Å². The summed E-state index contributed by atoms with van der Waals surface area (Å²) in [6.45, 7) is 0. The first-order chi connectivity index (χ1) is 14.7. The SMILES string of the molecule is Cn1c(SCC(=O)N2N=C(c3ccco3)CC2c2ccco2)nnc1-c1cccs1. The summed E-state index contributed by atoms with van der Waals surface area (Å²) in [6.07, 6.45) is 3.73. The second kappa shape index (κ2) is 7.96. The predicted octanol–water partition coefficient (Wildman–Crippen LogP) is 4.20. The monoisotopic (exact) mass is 439 g/mol. The molecule has 0 radical (unpaired) electrons. The fraction of sp³-hybridized carbons (Fsp3) is 0.200. The van der Waals surface area contributed by atoms with Crippen molar-refractivity contribution in [3.63, 3.8) is 0 Å². The highest BCUT2D eigenvalue weighted by atomic mass is 32.2. The molecule has 30 heavy (non-hydrogen) atoms. The zero-order valence-electron chi connectivity index (χ0n) is 16.0. The van der Waals surface area contributed by atoms with Crippen molar-refractivity contribution in [3.05, 3.63) is 65.8 Å². The maximum atomic E-state index is 13.1. The minimum absolute atomic E-state index is 0.136. The van der Waals surface area contributed by atoms with Crippen LogP contribution in [-0.4, -0.2) is 37.1 Å². The zero-order valence-corrected chi connectivity index (χ0v) is 17.6. The molecule has 5 heterocycles. The number of amides is 1. The lowest BCUT2D eigenvalue weighted by Crippen LogP contribution is -2.28. The minimum atomic E-state index is -0.297. The van der Waals surface area contributed by atoms with Crippen LogP contribution in [0.2, 0.25) is 0 Å². The smallest absolute Gasteiger partial charge is 0.253 e. The van der Waals surface area contributed by atoms with E-state index in [1.54, 1.807) is 29.9 Å². The Bertz CT molecular complexity index is 1160. The van der Waals surface area contributed by atoms with Gasteiger partial charge in [0.25, 0.3) is 5.91 Å². The second-order valence-corrected chi connectivity index (χ2v) is 8.52. The molecule has 0 saturated carbocycles. The van der Waals surface area contributed by atoms with Crippen molar-refractivity contribution in [1.29, 1.82) is 0 Å². The molecule has 1 atom stereocenters. The molecule has 1 aliphatic rings. The molecule has 0 bridgehead atoms. The highest BCUT2D eigenvalue weighted by Crippen LogP contribution is 2.34. The van der Waals surface area contributed by atoms with Crippen LogP contribution in [0.25, 0.3) is 10.7 Å². The molecule has 0 aromatic carbocycles. The van der Waals surface area contributed by atoms with Crippen molar-refractivity contribution in [1.82, 2.24) is 19.8 Å². The average molecular weight is 440 g/mol. The quantitative estimate of drug-likeness (QED) is 0.418. The van der Waals surface area contributed by atoms with Gasteiger partial charge in [0.05, 0.1) is 23.2 Å². The summed E-state index contributed by atoms with van der Waals surface area (Å²) in [5, 5.41) is 17.2. The average Bonchev–Trinajstić information content (AvgIpc) is 3.56. The van der Waals surface area contributed by atoms with Gasteiger partial charge in [-0.3, -0.25) is 4.79 Å². The van der Waals surface area contributed by atoms with E-state index in [1.807, 2.05) is 47.3 Å². The Balaban J connectivity index is 1.34. The fourth-order valence-corrected chi connectivity index (χ4v) is 4.80. The Morgan fingerprint density at radius 2 is 2.07 bits per heavy atom. The standard InChI is InChI=1S/C20H17N5O3S2/c1-24-19(17-7-4-10-29-17)21-22-20(24)30-12-18(26)25-14(16-6-3-9-28-16)11-13(23-25)15-5-2-8-27-15/h2-10,14H,11-12H2,1H3. The van der Waals surface area contributed by atoms with Crippen molar-refractivity contribution >= 4 is 34.7 Å². The molecule has 4 aromatic rings. The fourth-order valence-electron chi connectivity index (χ4n) is 3.29. The molecule has 0 spiro atoms. The number of carbonyl (C=O) groups is 1. The lowest BCUT2D eigenvalue weighted by molar-refractivity contribution is -0.130. The van der Waals surface area contributed by atoms with Gasteiger partial charge >= 0.3 is 0 Å². The Morgan fingerprint density at radius 1 is 1.20 bits per heavy atom. The van der Waals surface area contributed by atoms with E-state index in [0.29, 0.717) is 23.1 Å². The molecular weight excluding hydrogens is 422 g/mol. The van der Waals surface area contributed by atoms with Crippen molar-refractivity contribution in [2.24, 2.45) is 12.1 Å². The molecule has 0 saturated heterocycles. The minimum Gasteiger partial charge on any atom is -0.467 e. The number of thioether (sulfide) groups is 1. The van der Waals surface area contributed by atoms with Crippen LogP contribution >= 0.6 is 23.1 Å². The van der Waals surface area contributed by atoms with Gasteiger partial charge in [0.15, 0.2) is 11.0 Å². The Kier molecular flexibility index (Phi) is 5.01. The van der Waals surface area contributed by atoms with Gasteiger partial charge in [-0.1, -0.05) is 17.8 Å². The van der Waals surface area contributed by atoms with E-state index in [-0.39, 0.29) is 17.7 Å². The zero-order chi connectivity index (χ0) is 20.5. The van der Waals surface area contributed by atoms with Crippen LogP contribution in [-0.2, 0) is 11.8 Å². The third-order valence-corrected chi connectivity index (χ3v) is 6.62. The second-order valence-electron chi connectivity index (χ2n) is 6.63. The summed E-state index contributed by atoms with van der Waals surface area (Å²) in [6, 6.07) is 11.0. The first kappa shape index (κ1) is 18.9.